The van der Waals surface area contributed by atoms with Crippen LogP contribution in [0.2, 0.25) is 5.02 Å². The third kappa shape index (κ3) is 2.87. The summed E-state index contributed by atoms with van der Waals surface area (Å²) in [6, 6.07) is 9.16. The Morgan fingerprint density at radius 1 is 1.00 bits per heavy atom. The molecule has 0 radical (unpaired) electrons. The molecule has 1 aliphatic carbocycles. The summed E-state index contributed by atoms with van der Waals surface area (Å²) in [6.07, 6.45) is 4.30. The van der Waals surface area contributed by atoms with E-state index in [4.69, 9.17) is 11.6 Å². The molecule has 0 unspecified atom stereocenters. The molecule has 0 N–H and O–H groups in total. The van der Waals surface area contributed by atoms with Crippen molar-refractivity contribution in [3.8, 4) is 0 Å². The minimum absolute atomic E-state index is 0.827. The second kappa shape index (κ2) is 5.60. The summed E-state index contributed by atoms with van der Waals surface area (Å²) in [5, 5.41) is 0.827. The van der Waals surface area contributed by atoms with Crippen molar-refractivity contribution in [1.82, 2.24) is 9.80 Å². The summed E-state index contributed by atoms with van der Waals surface area (Å²) in [4.78, 5) is 5.24. The monoisotopic (exact) mass is 264 g/mol. The van der Waals surface area contributed by atoms with Crippen LogP contribution in [0.15, 0.2) is 24.3 Å². The van der Waals surface area contributed by atoms with E-state index in [1.807, 2.05) is 12.1 Å². The van der Waals surface area contributed by atoms with Crippen molar-refractivity contribution < 1.29 is 0 Å². The first kappa shape index (κ1) is 12.5. The van der Waals surface area contributed by atoms with Crippen molar-refractivity contribution in [3.05, 3.63) is 34.9 Å². The number of nitrogens with zero attached hydrogens (tertiary/aromatic N) is 2. The van der Waals surface area contributed by atoms with Crippen LogP contribution < -0.4 is 0 Å². The van der Waals surface area contributed by atoms with Gasteiger partial charge in [-0.05, 0) is 30.5 Å². The Bertz CT molecular complexity index is 378. The maximum Gasteiger partial charge on any atom is 0.0406 e. The van der Waals surface area contributed by atoms with Crippen molar-refractivity contribution in [1.29, 1.82) is 0 Å². The van der Waals surface area contributed by atoms with Crippen LogP contribution in [0.5, 0.6) is 0 Å². The lowest BCUT2D eigenvalue weighted by molar-refractivity contribution is 0.0587. The molecular weight excluding hydrogens is 244 g/mol. The van der Waals surface area contributed by atoms with Gasteiger partial charge < -0.3 is 0 Å². The normalized spacial score (nSPS) is 22.9. The molecular formula is C15H21ClN2. The molecule has 1 aromatic carbocycles. The molecule has 1 saturated carbocycles. The first-order chi connectivity index (χ1) is 8.81. The molecule has 3 heteroatoms. The van der Waals surface area contributed by atoms with Crippen LogP contribution in [0, 0.1) is 0 Å². The van der Waals surface area contributed by atoms with E-state index in [1.165, 1.54) is 51.0 Å². The van der Waals surface area contributed by atoms with Gasteiger partial charge in [-0.1, -0.05) is 30.2 Å². The standard InChI is InChI=1S/C15H21ClN2/c16-14-6-4-13(5-7-14)12-17-8-10-18(11-9-17)15-2-1-3-15/h4-7,15H,1-3,8-12H2. The lowest BCUT2D eigenvalue weighted by Crippen LogP contribution is -2.51. The van der Waals surface area contributed by atoms with Gasteiger partial charge in [-0.2, -0.15) is 0 Å². The SMILES string of the molecule is Clc1ccc(CN2CCN(C3CCC3)CC2)cc1. The second-order valence-corrected chi connectivity index (χ2v) is 5.96. The predicted octanol–water partition coefficient (Wildman–Crippen LogP) is 3.01. The van der Waals surface area contributed by atoms with Gasteiger partial charge in [0, 0.05) is 43.8 Å². The molecule has 1 aliphatic heterocycles. The van der Waals surface area contributed by atoms with Gasteiger partial charge in [0.25, 0.3) is 0 Å². The van der Waals surface area contributed by atoms with E-state index in [9.17, 15) is 0 Å². The van der Waals surface area contributed by atoms with E-state index in [0.717, 1.165) is 17.6 Å². The summed E-state index contributed by atoms with van der Waals surface area (Å²) in [5.74, 6) is 0. The highest BCUT2D eigenvalue weighted by atomic mass is 35.5. The Balaban J connectivity index is 1.48. The number of benzene rings is 1. The van der Waals surface area contributed by atoms with Gasteiger partial charge in [0.2, 0.25) is 0 Å². The predicted molar refractivity (Wildman–Crippen MR) is 75.9 cm³/mol. The molecule has 1 saturated heterocycles. The van der Waals surface area contributed by atoms with Crippen LogP contribution in [0.4, 0.5) is 0 Å². The van der Waals surface area contributed by atoms with Crippen molar-refractivity contribution in [2.45, 2.75) is 31.8 Å². The average Bonchev–Trinajstić information content (AvgIpc) is 2.32. The fourth-order valence-electron chi connectivity index (χ4n) is 2.89. The smallest absolute Gasteiger partial charge is 0.0406 e. The highest BCUT2D eigenvalue weighted by Gasteiger charge is 2.27. The van der Waals surface area contributed by atoms with Crippen LogP contribution in [0.1, 0.15) is 24.8 Å². The van der Waals surface area contributed by atoms with Gasteiger partial charge in [0.15, 0.2) is 0 Å². The van der Waals surface area contributed by atoms with Crippen LogP contribution in [0.3, 0.4) is 0 Å². The van der Waals surface area contributed by atoms with E-state index >= 15 is 0 Å². The Labute approximate surface area is 115 Å². The molecule has 1 aromatic rings. The molecule has 0 amide bonds. The number of halogens is 1. The van der Waals surface area contributed by atoms with E-state index in [2.05, 4.69) is 21.9 Å². The topological polar surface area (TPSA) is 6.48 Å². The fourth-order valence-corrected chi connectivity index (χ4v) is 3.01. The number of hydrogen-bond donors (Lipinski definition) is 0. The lowest BCUT2D eigenvalue weighted by Gasteiger charge is -2.43. The third-order valence-electron chi connectivity index (χ3n) is 4.32. The molecule has 0 atom stereocenters. The van der Waals surface area contributed by atoms with E-state index in [0.29, 0.717) is 0 Å². The average molecular weight is 265 g/mol. The Morgan fingerprint density at radius 2 is 1.67 bits per heavy atom. The largest absolute Gasteiger partial charge is 0.298 e. The molecule has 0 aromatic heterocycles. The second-order valence-electron chi connectivity index (χ2n) is 5.52. The van der Waals surface area contributed by atoms with Crippen molar-refractivity contribution in [2.75, 3.05) is 26.2 Å². The van der Waals surface area contributed by atoms with Crippen LogP contribution in [0.25, 0.3) is 0 Å². The summed E-state index contributed by atoms with van der Waals surface area (Å²) in [6.45, 7) is 5.98. The van der Waals surface area contributed by atoms with Gasteiger partial charge in [0.05, 0.1) is 0 Å². The van der Waals surface area contributed by atoms with Gasteiger partial charge in [-0.25, -0.2) is 0 Å². The summed E-state index contributed by atoms with van der Waals surface area (Å²) < 4.78 is 0. The molecule has 98 valence electrons. The van der Waals surface area contributed by atoms with Crippen LogP contribution in [-0.4, -0.2) is 42.0 Å². The van der Waals surface area contributed by atoms with Crippen molar-refractivity contribution in [2.24, 2.45) is 0 Å². The first-order valence-corrected chi connectivity index (χ1v) is 7.40. The van der Waals surface area contributed by atoms with Gasteiger partial charge in [0.1, 0.15) is 0 Å². The van der Waals surface area contributed by atoms with Crippen LogP contribution >= 0.6 is 11.6 Å². The Morgan fingerprint density at radius 3 is 2.22 bits per heavy atom. The molecule has 2 aliphatic rings. The molecule has 2 nitrogen and oxygen atoms in total. The van der Waals surface area contributed by atoms with E-state index < -0.39 is 0 Å². The quantitative estimate of drug-likeness (QED) is 0.828. The molecule has 2 fully saturated rings. The molecule has 18 heavy (non-hydrogen) atoms. The maximum atomic E-state index is 5.91. The maximum absolute atomic E-state index is 5.91. The first-order valence-electron chi connectivity index (χ1n) is 7.02. The molecule has 3 rings (SSSR count). The Hall–Kier alpha value is -0.570. The summed E-state index contributed by atoms with van der Waals surface area (Å²) in [7, 11) is 0. The minimum Gasteiger partial charge on any atom is -0.298 e. The van der Waals surface area contributed by atoms with Crippen molar-refractivity contribution >= 4 is 11.6 Å². The molecule has 0 bridgehead atoms. The zero-order chi connectivity index (χ0) is 12.4. The highest BCUT2D eigenvalue weighted by molar-refractivity contribution is 6.30. The van der Waals surface area contributed by atoms with Gasteiger partial charge >= 0.3 is 0 Å². The highest BCUT2D eigenvalue weighted by Crippen LogP contribution is 2.25. The zero-order valence-electron chi connectivity index (χ0n) is 10.8. The molecule has 0 spiro atoms. The summed E-state index contributed by atoms with van der Waals surface area (Å²) >= 11 is 5.91. The number of rotatable bonds is 3. The van der Waals surface area contributed by atoms with Gasteiger partial charge in [-0.3, -0.25) is 9.80 Å². The summed E-state index contributed by atoms with van der Waals surface area (Å²) in [5.41, 5.74) is 1.37. The fraction of sp³-hybridized carbons (Fsp3) is 0.600. The minimum atomic E-state index is 0.827. The number of piperazine rings is 1. The third-order valence-corrected chi connectivity index (χ3v) is 4.57. The van der Waals surface area contributed by atoms with Crippen LogP contribution in [-0.2, 0) is 6.54 Å². The molecule has 1 heterocycles. The van der Waals surface area contributed by atoms with E-state index in [1.54, 1.807) is 0 Å². The van der Waals surface area contributed by atoms with Crippen molar-refractivity contribution in [3.63, 3.8) is 0 Å². The number of hydrogen-bond acceptors (Lipinski definition) is 2. The van der Waals surface area contributed by atoms with Gasteiger partial charge in [-0.15, -0.1) is 0 Å². The van der Waals surface area contributed by atoms with E-state index in [-0.39, 0.29) is 0 Å². The zero-order valence-corrected chi connectivity index (χ0v) is 11.6. The Kier molecular flexibility index (Phi) is 3.88. The lowest BCUT2D eigenvalue weighted by atomic mass is 9.91.